The Morgan fingerprint density at radius 3 is 2.54 bits per heavy atom. The molecule has 24 heavy (non-hydrogen) atoms. The van der Waals surface area contributed by atoms with Crippen LogP contribution in [0, 0.1) is 0 Å². The van der Waals surface area contributed by atoms with Gasteiger partial charge in [0.05, 0.1) is 26.0 Å². The smallest absolute Gasteiger partial charge is 0.255 e. The maximum absolute atomic E-state index is 12.5. The molecule has 5 heteroatoms. The van der Waals surface area contributed by atoms with Crippen molar-refractivity contribution in [2.45, 2.75) is 20.5 Å². The van der Waals surface area contributed by atoms with Gasteiger partial charge in [-0.3, -0.25) is 4.79 Å². The molecule has 0 fully saturated rings. The number of hydrogen-bond acceptors (Lipinski definition) is 4. The second kappa shape index (κ2) is 8.93. The number of carbonyl (C=O) groups is 1. The average molecular weight is 329 g/mol. The fourth-order valence-electron chi connectivity index (χ4n) is 2.29. The molecule has 2 aromatic carbocycles. The first-order valence-electron chi connectivity index (χ1n) is 7.97. The molecular formula is C19H23NO4. The molecule has 0 saturated heterocycles. The van der Waals surface area contributed by atoms with Gasteiger partial charge in [-0.1, -0.05) is 12.1 Å². The number of amides is 1. The van der Waals surface area contributed by atoms with Crippen LogP contribution in [0.2, 0.25) is 0 Å². The molecule has 0 radical (unpaired) electrons. The highest BCUT2D eigenvalue weighted by atomic mass is 16.5. The number of hydrogen-bond donors (Lipinski definition) is 1. The van der Waals surface area contributed by atoms with E-state index >= 15 is 0 Å². The molecule has 0 unspecified atom stereocenters. The Hall–Kier alpha value is -2.53. The third-order valence-corrected chi connectivity index (χ3v) is 3.44. The van der Waals surface area contributed by atoms with Gasteiger partial charge in [0, 0.05) is 17.7 Å². The van der Waals surface area contributed by atoms with Crippen molar-refractivity contribution in [1.82, 2.24) is 0 Å². The second-order valence-corrected chi connectivity index (χ2v) is 5.05. The van der Waals surface area contributed by atoms with Crippen LogP contribution in [0.3, 0.4) is 0 Å². The van der Waals surface area contributed by atoms with Crippen LogP contribution in [0.25, 0.3) is 0 Å². The second-order valence-electron chi connectivity index (χ2n) is 5.05. The minimum absolute atomic E-state index is 0.206. The Balaban J connectivity index is 2.20. The molecule has 0 spiro atoms. The number of para-hydroxylation sites is 2. The fourth-order valence-corrected chi connectivity index (χ4v) is 2.29. The van der Waals surface area contributed by atoms with Crippen molar-refractivity contribution in [2.24, 2.45) is 0 Å². The molecule has 0 aliphatic rings. The van der Waals surface area contributed by atoms with Crippen molar-refractivity contribution < 1.29 is 19.0 Å². The van der Waals surface area contributed by atoms with Gasteiger partial charge in [-0.2, -0.15) is 0 Å². The molecule has 0 heterocycles. The zero-order chi connectivity index (χ0) is 17.4. The average Bonchev–Trinajstić information content (AvgIpc) is 2.61. The highest BCUT2D eigenvalue weighted by Gasteiger charge is 2.12. The molecule has 0 saturated carbocycles. The Kier molecular flexibility index (Phi) is 6.63. The van der Waals surface area contributed by atoms with E-state index in [1.807, 2.05) is 38.1 Å². The Morgan fingerprint density at radius 1 is 1.04 bits per heavy atom. The lowest BCUT2D eigenvalue weighted by atomic mass is 10.1. The van der Waals surface area contributed by atoms with E-state index in [1.165, 1.54) is 0 Å². The maximum atomic E-state index is 12.5. The van der Waals surface area contributed by atoms with Crippen molar-refractivity contribution in [2.75, 3.05) is 25.6 Å². The molecule has 2 rings (SSSR count). The number of rotatable bonds is 8. The molecule has 0 aromatic heterocycles. The summed E-state index contributed by atoms with van der Waals surface area (Å²) in [6.45, 7) is 5.36. The fraction of sp³-hybridized carbons (Fsp3) is 0.316. The minimum Gasteiger partial charge on any atom is -0.496 e. The quantitative estimate of drug-likeness (QED) is 0.798. The molecule has 128 valence electrons. The van der Waals surface area contributed by atoms with E-state index in [0.29, 0.717) is 42.6 Å². The Bertz CT molecular complexity index is 685. The van der Waals surface area contributed by atoms with Crippen molar-refractivity contribution in [3.05, 3.63) is 53.6 Å². The van der Waals surface area contributed by atoms with Crippen LogP contribution in [0.15, 0.2) is 42.5 Å². The van der Waals surface area contributed by atoms with Gasteiger partial charge < -0.3 is 19.5 Å². The standard InChI is InChI=1S/C19H23NO4/c1-4-23-13-15-12-14(10-11-17(15)22-3)19(21)20-16-8-6-7-9-18(16)24-5-2/h6-12H,4-5,13H2,1-3H3,(H,20,21). The predicted octanol–water partition coefficient (Wildman–Crippen LogP) is 3.88. The zero-order valence-electron chi connectivity index (χ0n) is 14.3. The van der Waals surface area contributed by atoms with Crippen LogP contribution in [-0.2, 0) is 11.3 Å². The summed E-state index contributed by atoms with van der Waals surface area (Å²) in [5, 5.41) is 2.89. The third kappa shape index (κ3) is 4.49. The van der Waals surface area contributed by atoms with Gasteiger partial charge in [0.25, 0.3) is 5.91 Å². The molecule has 1 amide bonds. The van der Waals surface area contributed by atoms with Crippen LogP contribution in [0.5, 0.6) is 11.5 Å². The van der Waals surface area contributed by atoms with E-state index in [-0.39, 0.29) is 5.91 Å². The van der Waals surface area contributed by atoms with Crippen LogP contribution < -0.4 is 14.8 Å². The van der Waals surface area contributed by atoms with Gasteiger partial charge in [-0.05, 0) is 44.2 Å². The summed E-state index contributed by atoms with van der Waals surface area (Å²) in [5.74, 6) is 1.15. The summed E-state index contributed by atoms with van der Waals surface area (Å²) in [6.07, 6.45) is 0. The molecule has 0 aliphatic carbocycles. The van der Waals surface area contributed by atoms with Crippen molar-refractivity contribution in [3.63, 3.8) is 0 Å². The van der Waals surface area contributed by atoms with Crippen LogP contribution >= 0.6 is 0 Å². The molecule has 2 aromatic rings. The highest BCUT2D eigenvalue weighted by molar-refractivity contribution is 6.05. The van der Waals surface area contributed by atoms with Gasteiger partial charge in [0.15, 0.2) is 0 Å². The molecule has 0 atom stereocenters. The Labute approximate surface area is 142 Å². The first-order valence-corrected chi connectivity index (χ1v) is 7.97. The van der Waals surface area contributed by atoms with Gasteiger partial charge in [0.1, 0.15) is 11.5 Å². The Morgan fingerprint density at radius 2 is 1.83 bits per heavy atom. The van der Waals surface area contributed by atoms with Crippen LogP contribution in [0.1, 0.15) is 29.8 Å². The first kappa shape index (κ1) is 17.8. The topological polar surface area (TPSA) is 56.8 Å². The summed E-state index contributed by atoms with van der Waals surface area (Å²) < 4.78 is 16.3. The summed E-state index contributed by atoms with van der Waals surface area (Å²) >= 11 is 0. The summed E-state index contributed by atoms with van der Waals surface area (Å²) in [7, 11) is 1.60. The summed E-state index contributed by atoms with van der Waals surface area (Å²) in [5.41, 5.74) is 2.02. The lowest BCUT2D eigenvalue weighted by Crippen LogP contribution is -2.13. The molecule has 1 N–H and O–H groups in total. The molecule has 0 bridgehead atoms. The molecular weight excluding hydrogens is 306 g/mol. The van der Waals surface area contributed by atoms with Gasteiger partial charge in [-0.25, -0.2) is 0 Å². The number of carbonyl (C=O) groups excluding carboxylic acids is 1. The minimum atomic E-state index is -0.206. The number of benzene rings is 2. The first-order chi connectivity index (χ1) is 11.7. The zero-order valence-corrected chi connectivity index (χ0v) is 14.3. The van der Waals surface area contributed by atoms with Crippen LogP contribution in [-0.4, -0.2) is 26.2 Å². The number of nitrogens with one attached hydrogen (secondary N) is 1. The SMILES string of the molecule is CCOCc1cc(C(=O)Nc2ccccc2OCC)ccc1OC. The van der Waals surface area contributed by atoms with Crippen molar-refractivity contribution >= 4 is 11.6 Å². The number of anilines is 1. The van der Waals surface area contributed by atoms with E-state index in [0.717, 1.165) is 5.56 Å². The maximum Gasteiger partial charge on any atom is 0.255 e. The third-order valence-electron chi connectivity index (χ3n) is 3.44. The summed E-state index contributed by atoms with van der Waals surface area (Å²) in [4.78, 5) is 12.5. The van der Waals surface area contributed by atoms with Crippen molar-refractivity contribution in [1.29, 1.82) is 0 Å². The van der Waals surface area contributed by atoms with Crippen LogP contribution in [0.4, 0.5) is 5.69 Å². The number of ether oxygens (including phenoxy) is 3. The predicted molar refractivity (Wildman–Crippen MR) is 93.9 cm³/mol. The normalized spacial score (nSPS) is 10.3. The van der Waals surface area contributed by atoms with Crippen molar-refractivity contribution in [3.8, 4) is 11.5 Å². The van der Waals surface area contributed by atoms with E-state index in [4.69, 9.17) is 14.2 Å². The largest absolute Gasteiger partial charge is 0.496 e. The lowest BCUT2D eigenvalue weighted by molar-refractivity contribution is 0.102. The van der Waals surface area contributed by atoms with Gasteiger partial charge >= 0.3 is 0 Å². The van der Waals surface area contributed by atoms with E-state index in [1.54, 1.807) is 25.3 Å². The van der Waals surface area contributed by atoms with Gasteiger partial charge in [0.2, 0.25) is 0 Å². The van der Waals surface area contributed by atoms with E-state index < -0.39 is 0 Å². The molecule has 0 aliphatic heterocycles. The monoisotopic (exact) mass is 329 g/mol. The van der Waals surface area contributed by atoms with Gasteiger partial charge in [-0.15, -0.1) is 0 Å². The van der Waals surface area contributed by atoms with E-state index in [2.05, 4.69) is 5.32 Å². The highest BCUT2D eigenvalue weighted by Crippen LogP contribution is 2.25. The summed E-state index contributed by atoms with van der Waals surface area (Å²) in [6, 6.07) is 12.7. The van der Waals surface area contributed by atoms with E-state index in [9.17, 15) is 4.79 Å². The molecule has 5 nitrogen and oxygen atoms in total. The lowest BCUT2D eigenvalue weighted by Gasteiger charge is -2.13. The number of methoxy groups -OCH3 is 1.